The molecule has 0 unspecified atom stereocenters. The van der Waals surface area contributed by atoms with Crippen LogP contribution in [0.4, 0.5) is 0 Å². The Morgan fingerprint density at radius 2 is 1.77 bits per heavy atom. The molecule has 3 N–H and O–H groups in total. The highest BCUT2D eigenvalue weighted by molar-refractivity contribution is 7.99. The number of thioether (sulfide) groups is 1. The van der Waals surface area contributed by atoms with Crippen LogP contribution in [0.2, 0.25) is 0 Å². The van der Waals surface area contributed by atoms with Crippen LogP contribution in [0.3, 0.4) is 0 Å². The fraction of sp³-hybridized carbons (Fsp3) is 0.286. The Hall–Kier alpha value is -2.69. The number of nitrogens with two attached hydrogens (primary N) is 1. The number of primary sulfonamides is 1. The van der Waals surface area contributed by atoms with Crippen LogP contribution in [0.25, 0.3) is 0 Å². The van der Waals surface area contributed by atoms with Gasteiger partial charge in [-0.05, 0) is 36.1 Å². The van der Waals surface area contributed by atoms with E-state index in [0.29, 0.717) is 19.0 Å². The number of amides is 1. The predicted molar refractivity (Wildman–Crippen MR) is 118 cm³/mol. The molecule has 0 aliphatic heterocycles. The quantitative estimate of drug-likeness (QED) is 0.476. The number of sulfonamides is 1. The molecule has 1 aliphatic rings. The van der Waals surface area contributed by atoms with E-state index in [1.807, 2.05) is 18.2 Å². The Bertz CT molecular complexity index is 1160. The number of rotatable bonds is 9. The maximum absolute atomic E-state index is 12.3. The highest BCUT2D eigenvalue weighted by atomic mass is 32.2. The van der Waals surface area contributed by atoms with E-state index < -0.39 is 10.0 Å². The number of nitrogens with zero attached hydrogens (tertiary/aromatic N) is 3. The number of hydrogen-bond acceptors (Lipinski definition) is 6. The summed E-state index contributed by atoms with van der Waals surface area (Å²) in [6.07, 6.45) is 2.25. The monoisotopic (exact) mass is 457 g/mol. The Labute approximate surface area is 185 Å². The molecule has 162 valence electrons. The predicted octanol–water partition coefficient (Wildman–Crippen LogP) is 2.26. The molecule has 0 saturated heterocycles. The van der Waals surface area contributed by atoms with E-state index in [1.165, 1.54) is 29.5 Å². The average Bonchev–Trinajstić information content (AvgIpc) is 3.53. The molecule has 0 bridgehead atoms. The minimum Gasteiger partial charge on any atom is -0.351 e. The molecule has 0 atom stereocenters. The minimum atomic E-state index is -3.72. The molecule has 2 aromatic carbocycles. The van der Waals surface area contributed by atoms with Crippen molar-refractivity contribution in [3.05, 3.63) is 71.5 Å². The molecular weight excluding hydrogens is 434 g/mol. The molecule has 1 aromatic heterocycles. The van der Waals surface area contributed by atoms with Gasteiger partial charge in [-0.25, -0.2) is 13.6 Å². The number of nitrogens with one attached hydrogen (secondary N) is 1. The lowest BCUT2D eigenvalue weighted by molar-refractivity contribution is -0.118. The number of benzene rings is 2. The lowest BCUT2D eigenvalue weighted by atomic mass is 10.2. The van der Waals surface area contributed by atoms with Crippen molar-refractivity contribution < 1.29 is 13.2 Å². The normalized spacial score (nSPS) is 13.8. The Morgan fingerprint density at radius 1 is 1.06 bits per heavy atom. The fourth-order valence-electron chi connectivity index (χ4n) is 3.14. The van der Waals surface area contributed by atoms with E-state index >= 15 is 0 Å². The Balaban J connectivity index is 1.35. The zero-order valence-corrected chi connectivity index (χ0v) is 18.4. The van der Waals surface area contributed by atoms with Crippen LogP contribution < -0.4 is 10.5 Å². The van der Waals surface area contributed by atoms with E-state index in [1.54, 1.807) is 12.1 Å². The minimum absolute atomic E-state index is 0.0438. The number of aromatic nitrogens is 3. The van der Waals surface area contributed by atoms with Gasteiger partial charge >= 0.3 is 0 Å². The molecule has 8 nitrogen and oxygen atoms in total. The van der Waals surface area contributed by atoms with E-state index in [2.05, 4.69) is 32.2 Å². The van der Waals surface area contributed by atoms with Crippen molar-refractivity contribution in [1.82, 2.24) is 20.1 Å². The highest BCUT2D eigenvalue weighted by Gasteiger charge is 2.30. The van der Waals surface area contributed by atoms with Crippen molar-refractivity contribution in [1.29, 1.82) is 0 Å². The second kappa shape index (κ2) is 9.21. The lowest BCUT2D eigenvalue weighted by Crippen LogP contribution is -2.24. The van der Waals surface area contributed by atoms with Gasteiger partial charge < -0.3 is 9.88 Å². The summed E-state index contributed by atoms with van der Waals surface area (Å²) in [7, 11) is -3.72. The lowest BCUT2D eigenvalue weighted by Gasteiger charge is -2.10. The van der Waals surface area contributed by atoms with Crippen LogP contribution in [0.5, 0.6) is 0 Å². The highest BCUT2D eigenvalue weighted by Crippen LogP contribution is 2.40. The maximum atomic E-state index is 12.3. The van der Waals surface area contributed by atoms with Crippen LogP contribution >= 0.6 is 11.8 Å². The summed E-state index contributed by atoms with van der Waals surface area (Å²) >= 11 is 1.36. The van der Waals surface area contributed by atoms with Gasteiger partial charge in [-0.3, -0.25) is 4.79 Å². The number of carbonyl (C=O) groups excluding carboxylic acids is 1. The van der Waals surface area contributed by atoms with E-state index in [9.17, 15) is 13.2 Å². The van der Waals surface area contributed by atoms with Gasteiger partial charge in [0.15, 0.2) is 5.16 Å². The van der Waals surface area contributed by atoms with Gasteiger partial charge in [0.1, 0.15) is 5.82 Å². The van der Waals surface area contributed by atoms with E-state index in [-0.39, 0.29) is 16.6 Å². The molecule has 1 heterocycles. The maximum Gasteiger partial charge on any atom is 0.238 e. The third-order valence-electron chi connectivity index (χ3n) is 4.95. The van der Waals surface area contributed by atoms with Gasteiger partial charge in [0.2, 0.25) is 15.9 Å². The van der Waals surface area contributed by atoms with Gasteiger partial charge in [0, 0.05) is 12.5 Å². The Kier molecular flexibility index (Phi) is 6.40. The van der Waals surface area contributed by atoms with Crippen LogP contribution in [0.1, 0.15) is 35.7 Å². The first kappa shape index (κ1) is 21.5. The third kappa shape index (κ3) is 5.72. The third-order valence-corrected chi connectivity index (χ3v) is 6.84. The summed E-state index contributed by atoms with van der Waals surface area (Å²) < 4.78 is 24.7. The molecular formula is C21H23N5O3S2. The molecule has 0 radical (unpaired) electrons. The van der Waals surface area contributed by atoms with Crippen molar-refractivity contribution in [3.63, 3.8) is 0 Å². The van der Waals surface area contributed by atoms with Crippen LogP contribution in [-0.2, 0) is 27.9 Å². The molecule has 4 rings (SSSR count). The van der Waals surface area contributed by atoms with E-state index in [0.717, 1.165) is 29.4 Å². The van der Waals surface area contributed by atoms with E-state index in [4.69, 9.17) is 5.14 Å². The van der Waals surface area contributed by atoms with Crippen molar-refractivity contribution in [3.8, 4) is 0 Å². The van der Waals surface area contributed by atoms with Gasteiger partial charge in [-0.2, -0.15) is 0 Å². The van der Waals surface area contributed by atoms with Crippen molar-refractivity contribution >= 4 is 27.7 Å². The zero-order chi connectivity index (χ0) is 21.8. The first-order chi connectivity index (χ1) is 14.9. The largest absolute Gasteiger partial charge is 0.351 e. The van der Waals surface area contributed by atoms with Crippen LogP contribution in [0.15, 0.2) is 64.6 Å². The summed E-state index contributed by atoms with van der Waals surface area (Å²) in [5.74, 6) is 1.52. The summed E-state index contributed by atoms with van der Waals surface area (Å²) in [6.45, 7) is 0.981. The second-order valence-corrected chi connectivity index (χ2v) is 9.95. The molecule has 1 fully saturated rings. The van der Waals surface area contributed by atoms with Gasteiger partial charge in [0.25, 0.3) is 0 Å². The molecule has 0 spiro atoms. The molecule has 10 heteroatoms. The first-order valence-corrected chi connectivity index (χ1v) is 12.4. The van der Waals surface area contributed by atoms with Crippen LogP contribution in [0, 0.1) is 0 Å². The smallest absolute Gasteiger partial charge is 0.238 e. The number of hydrogen-bond donors (Lipinski definition) is 2. The molecule has 3 aromatic rings. The number of carbonyl (C=O) groups is 1. The van der Waals surface area contributed by atoms with Crippen LogP contribution in [-0.4, -0.2) is 34.8 Å². The standard InChI is InChI=1S/C21H23N5O3S2/c22-31(28,29)18-10-6-15(7-11-18)12-23-19(27)14-30-21-25-24-20(17-8-9-17)26(21)13-16-4-2-1-3-5-16/h1-7,10-11,17H,8-9,12-14H2,(H,23,27)(H2,22,28,29). The first-order valence-electron chi connectivity index (χ1n) is 9.88. The van der Waals surface area contributed by atoms with Crippen molar-refractivity contribution in [2.24, 2.45) is 5.14 Å². The topological polar surface area (TPSA) is 120 Å². The average molecular weight is 458 g/mol. The van der Waals surface area contributed by atoms with Crippen molar-refractivity contribution in [2.45, 2.75) is 41.9 Å². The Morgan fingerprint density at radius 3 is 2.42 bits per heavy atom. The van der Waals surface area contributed by atoms with Gasteiger partial charge in [-0.1, -0.05) is 54.2 Å². The molecule has 31 heavy (non-hydrogen) atoms. The van der Waals surface area contributed by atoms with Gasteiger partial charge in [0.05, 0.1) is 17.2 Å². The molecule has 1 saturated carbocycles. The summed E-state index contributed by atoms with van der Waals surface area (Å²) in [6, 6.07) is 16.3. The van der Waals surface area contributed by atoms with Gasteiger partial charge in [-0.15, -0.1) is 10.2 Å². The molecule has 1 aliphatic carbocycles. The fourth-order valence-corrected chi connectivity index (χ4v) is 4.43. The second-order valence-electron chi connectivity index (χ2n) is 7.44. The summed E-state index contributed by atoms with van der Waals surface area (Å²) in [4.78, 5) is 12.4. The van der Waals surface area contributed by atoms with Crippen molar-refractivity contribution in [2.75, 3.05) is 5.75 Å². The summed E-state index contributed by atoms with van der Waals surface area (Å²) in [5.41, 5.74) is 1.95. The SMILES string of the molecule is NS(=O)(=O)c1ccc(CNC(=O)CSc2nnc(C3CC3)n2Cc2ccccc2)cc1. The molecule has 1 amide bonds. The zero-order valence-electron chi connectivity index (χ0n) is 16.8. The summed E-state index contributed by atoms with van der Waals surface area (Å²) in [5, 5.41) is 17.4.